The van der Waals surface area contributed by atoms with Crippen LogP contribution in [-0.2, 0) is 9.53 Å². The molecule has 0 aliphatic heterocycles. The van der Waals surface area contributed by atoms with Gasteiger partial charge in [0.05, 0.1) is 13.7 Å². The standard InChI is InChI=1S/C17H18N4O3S/c1-4-24-13-7-5-12(6-8-13)16-19-18-14-9-10-15(20-21(14)16)25-11(2)17(22)23-3/h5-11H,4H2,1-3H3. The molecule has 8 heteroatoms. The summed E-state index contributed by atoms with van der Waals surface area (Å²) in [6.07, 6.45) is 0. The molecule has 1 atom stereocenters. The van der Waals surface area contributed by atoms with E-state index in [1.807, 2.05) is 43.3 Å². The Balaban J connectivity index is 1.91. The van der Waals surface area contributed by atoms with Crippen molar-refractivity contribution in [3.05, 3.63) is 36.4 Å². The maximum atomic E-state index is 11.6. The third-order valence-electron chi connectivity index (χ3n) is 3.49. The minimum absolute atomic E-state index is 0.289. The summed E-state index contributed by atoms with van der Waals surface area (Å²) < 4.78 is 11.9. The monoisotopic (exact) mass is 358 g/mol. The average molecular weight is 358 g/mol. The average Bonchev–Trinajstić information content (AvgIpc) is 3.05. The Labute approximate surface area is 149 Å². The molecular formula is C17H18N4O3S. The van der Waals surface area contributed by atoms with Crippen molar-refractivity contribution < 1.29 is 14.3 Å². The van der Waals surface area contributed by atoms with Crippen molar-refractivity contribution in [2.45, 2.75) is 24.1 Å². The lowest BCUT2D eigenvalue weighted by molar-refractivity contribution is -0.139. The molecule has 130 valence electrons. The predicted octanol–water partition coefficient (Wildman–Crippen LogP) is 2.84. The van der Waals surface area contributed by atoms with Gasteiger partial charge < -0.3 is 9.47 Å². The minimum atomic E-state index is -0.347. The molecule has 2 aromatic heterocycles. The van der Waals surface area contributed by atoms with Gasteiger partial charge in [0.15, 0.2) is 11.5 Å². The Morgan fingerprint density at radius 3 is 2.64 bits per heavy atom. The van der Waals surface area contributed by atoms with E-state index in [0.29, 0.717) is 23.1 Å². The van der Waals surface area contributed by atoms with E-state index < -0.39 is 0 Å². The van der Waals surface area contributed by atoms with Gasteiger partial charge in [-0.1, -0.05) is 11.8 Å². The van der Waals surface area contributed by atoms with E-state index in [4.69, 9.17) is 9.47 Å². The van der Waals surface area contributed by atoms with Crippen LogP contribution in [0.5, 0.6) is 5.75 Å². The second-order valence-electron chi connectivity index (χ2n) is 5.21. The third kappa shape index (κ3) is 3.74. The van der Waals surface area contributed by atoms with Gasteiger partial charge in [-0.25, -0.2) is 0 Å². The number of hydrogen-bond acceptors (Lipinski definition) is 7. The Morgan fingerprint density at radius 1 is 1.20 bits per heavy atom. The first kappa shape index (κ1) is 17.2. The normalized spacial score (nSPS) is 12.1. The summed E-state index contributed by atoms with van der Waals surface area (Å²) in [7, 11) is 1.37. The molecule has 0 saturated carbocycles. The van der Waals surface area contributed by atoms with Crippen LogP contribution in [-0.4, -0.2) is 44.7 Å². The first-order valence-electron chi connectivity index (χ1n) is 7.82. The van der Waals surface area contributed by atoms with Gasteiger partial charge >= 0.3 is 5.97 Å². The smallest absolute Gasteiger partial charge is 0.318 e. The molecule has 2 heterocycles. The molecule has 0 fully saturated rings. The Bertz CT molecular complexity index is 879. The number of ether oxygens (including phenoxy) is 2. The van der Waals surface area contributed by atoms with E-state index >= 15 is 0 Å². The van der Waals surface area contributed by atoms with Gasteiger partial charge in [-0.2, -0.15) is 9.61 Å². The fraction of sp³-hybridized carbons (Fsp3) is 0.294. The highest BCUT2D eigenvalue weighted by atomic mass is 32.2. The molecule has 0 saturated heterocycles. The van der Waals surface area contributed by atoms with Crippen molar-refractivity contribution in [1.82, 2.24) is 19.8 Å². The highest BCUT2D eigenvalue weighted by Gasteiger charge is 2.17. The number of methoxy groups -OCH3 is 1. The second-order valence-corrected chi connectivity index (χ2v) is 6.57. The zero-order valence-electron chi connectivity index (χ0n) is 14.2. The molecule has 3 aromatic rings. The maximum absolute atomic E-state index is 11.6. The molecule has 1 aromatic carbocycles. The lowest BCUT2D eigenvalue weighted by Gasteiger charge is -2.08. The summed E-state index contributed by atoms with van der Waals surface area (Å²) >= 11 is 1.33. The van der Waals surface area contributed by atoms with E-state index in [0.717, 1.165) is 11.3 Å². The number of benzene rings is 1. The van der Waals surface area contributed by atoms with Crippen molar-refractivity contribution in [2.24, 2.45) is 0 Å². The highest BCUT2D eigenvalue weighted by Crippen LogP contribution is 2.25. The molecular weight excluding hydrogens is 340 g/mol. The molecule has 0 aliphatic carbocycles. The molecule has 0 radical (unpaired) electrons. The summed E-state index contributed by atoms with van der Waals surface area (Å²) in [6, 6.07) is 11.2. The fourth-order valence-corrected chi connectivity index (χ4v) is 3.11. The van der Waals surface area contributed by atoms with Crippen molar-refractivity contribution in [2.75, 3.05) is 13.7 Å². The van der Waals surface area contributed by atoms with Gasteiger partial charge in [0.2, 0.25) is 0 Å². The third-order valence-corrected chi connectivity index (χ3v) is 4.50. The van der Waals surface area contributed by atoms with Crippen LogP contribution in [0.3, 0.4) is 0 Å². The van der Waals surface area contributed by atoms with E-state index in [1.54, 1.807) is 11.4 Å². The van der Waals surface area contributed by atoms with Crippen LogP contribution in [0.25, 0.3) is 17.0 Å². The quantitative estimate of drug-likeness (QED) is 0.495. The van der Waals surface area contributed by atoms with Crippen LogP contribution in [0.1, 0.15) is 13.8 Å². The van der Waals surface area contributed by atoms with Gasteiger partial charge in [-0.15, -0.1) is 10.2 Å². The molecule has 3 rings (SSSR count). The van der Waals surface area contributed by atoms with Gasteiger partial charge in [-0.05, 0) is 50.2 Å². The second kappa shape index (κ2) is 7.52. The highest BCUT2D eigenvalue weighted by molar-refractivity contribution is 8.00. The van der Waals surface area contributed by atoms with Gasteiger partial charge in [0.1, 0.15) is 16.0 Å². The van der Waals surface area contributed by atoms with Crippen LogP contribution in [0.4, 0.5) is 0 Å². The number of aromatic nitrogens is 4. The van der Waals surface area contributed by atoms with Crippen LogP contribution in [0, 0.1) is 0 Å². The van der Waals surface area contributed by atoms with Crippen LogP contribution >= 0.6 is 11.8 Å². The first-order chi connectivity index (χ1) is 12.1. The molecule has 0 bridgehead atoms. The minimum Gasteiger partial charge on any atom is -0.494 e. The lowest BCUT2D eigenvalue weighted by atomic mass is 10.2. The number of fused-ring (bicyclic) bond motifs is 1. The maximum Gasteiger partial charge on any atom is 0.318 e. The van der Waals surface area contributed by atoms with Gasteiger partial charge in [-0.3, -0.25) is 4.79 Å². The Kier molecular flexibility index (Phi) is 5.18. The Hall–Kier alpha value is -2.61. The summed E-state index contributed by atoms with van der Waals surface area (Å²) in [5.41, 5.74) is 1.52. The molecule has 0 amide bonds. The number of thioether (sulfide) groups is 1. The molecule has 1 unspecified atom stereocenters. The van der Waals surface area contributed by atoms with Crippen molar-refractivity contribution >= 4 is 23.4 Å². The summed E-state index contributed by atoms with van der Waals surface area (Å²) in [5.74, 6) is 1.14. The lowest BCUT2D eigenvalue weighted by Crippen LogP contribution is -2.15. The topological polar surface area (TPSA) is 78.6 Å². The van der Waals surface area contributed by atoms with E-state index in [1.165, 1.54) is 18.9 Å². The SMILES string of the molecule is CCOc1ccc(-c2nnc3ccc(SC(C)C(=O)OC)nn23)cc1. The number of nitrogens with zero attached hydrogens (tertiary/aromatic N) is 4. The van der Waals surface area contributed by atoms with Crippen LogP contribution < -0.4 is 4.74 Å². The van der Waals surface area contributed by atoms with Crippen molar-refractivity contribution in [3.63, 3.8) is 0 Å². The van der Waals surface area contributed by atoms with Crippen LogP contribution in [0.15, 0.2) is 41.4 Å². The number of carbonyl (C=O) groups excluding carboxylic acids is 1. The summed E-state index contributed by atoms with van der Waals surface area (Å²) in [5, 5.41) is 13.3. The van der Waals surface area contributed by atoms with Crippen molar-refractivity contribution in [1.29, 1.82) is 0 Å². The van der Waals surface area contributed by atoms with Crippen LogP contribution in [0.2, 0.25) is 0 Å². The molecule has 0 N–H and O–H groups in total. The number of rotatable bonds is 6. The zero-order valence-corrected chi connectivity index (χ0v) is 15.0. The zero-order chi connectivity index (χ0) is 17.8. The largest absolute Gasteiger partial charge is 0.494 e. The summed E-state index contributed by atoms with van der Waals surface area (Å²) in [6.45, 7) is 4.34. The first-order valence-corrected chi connectivity index (χ1v) is 8.70. The van der Waals surface area contributed by atoms with E-state index in [-0.39, 0.29) is 11.2 Å². The molecule has 0 aliphatic rings. The molecule has 0 spiro atoms. The van der Waals surface area contributed by atoms with E-state index in [2.05, 4.69) is 15.3 Å². The predicted molar refractivity (Wildman–Crippen MR) is 94.7 cm³/mol. The number of hydrogen-bond donors (Lipinski definition) is 0. The van der Waals surface area contributed by atoms with Gasteiger partial charge in [0.25, 0.3) is 0 Å². The number of carbonyl (C=O) groups is 1. The Morgan fingerprint density at radius 2 is 1.96 bits per heavy atom. The van der Waals surface area contributed by atoms with Crippen molar-refractivity contribution in [3.8, 4) is 17.1 Å². The number of esters is 1. The fourth-order valence-electron chi connectivity index (χ4n) is 2.28. The van der Waals surface area contributed by atoms with E-state index in [9.17, 15) is 4.79 Å². The van der Waals surface area contributed by atoms with Gasteiger partial charge in [0, 0.05) is 5.56 Å². The molecule has 25 heavy (non-hydrogen) atoms. The molecule has 7 nitrogen and oxygen atoms in total. The summed E-state index contributed by atoms with van der Waals surface area (Å²) in [4.78, 5) is 11.6.